The highest BCUT2D eigenvalue weighted by Crippen LogP contribution is 2.33. The number of hydrogen-bond acceptors (Lipinski definition) is 3. The number of nitrogens with one attached hydrogen (secondary N) is 1. The van der Waals surface area contributed by atoms with E-state index in [4.69, 9.17) is 4.99 Å². The summed E-state index contributed by atoms with van der Waals surface area (Å²) in [6.45, 7) is 6.57. The van der Waals surface area contributed by atoms with Crippen LogP contribution in [-0.4, -0.2) is 40.4 Å². The molecule has 1 amide bonds. The van der Waals surface area contributed by atoms with Crippen molar-refractivity contribution in [3.63, 3.8) is 0 Å². The second kappa shape index (κ2) is 11.3. The number of rotatable bonds is 5. The lowest BCUT2D eigenvalue weighted by molar-refractivity contribution is -0.117. The van der Waals surface area contributed by atoms with Gasteiger partial charge in [0.25, 0.3) is 0 Å². The molecule has 2 aliphatic rings. The van der Waals surface area contributed by atoms with E-state index in [-0.39, 0.29) is 24.4 Å². The Balaban J connectivity index is 0.00000300. The zero-order valence-electron chi connectivity index (χ0n) is 18.2. The summed E-state index contributed by atoms with van der Waals surface area (Å²) in [6, 6.07) is 8.86. The van der Waals surface area contributed by atoms with Crippen LogP contribution in [-0.2, 0) is 4.79 Å². The van der Waals surface area contributed by atoms with Crippen molar-refractivity contribution in [1.82, 2.24) is 4.90 Å². The molecule has 0 bridgehead atoms. The summed E-state index contributed by atoms with van der Waals surface area (Å²) in [5.74, 6) is 0.582. The number of halogens is 1. The number of benzene rings is 1. The number of carbonyl (C=O) groups excluding carboxylic acids is 1. The fraction of sp³-hybridized carbons (Fsp3) is 0.652. The molecule has 4 nitrogen and oxygen atoms in total. The monoisotopic (exact) mass is 437 g/mol. The van der Waals surface area contributed by atoms with Crippen molar-refractivity contribution in [2.24, 2.45) is 4.99 Å². The van der Waals surface area contributed by atoms with Crippen LogP contribution in [0.2, 0.25) is 0 Å². The average Bonchev–Trinajstić information content (AvgIpc) is 2.85. The summed E-state index contributed by atoms with van der Waals surface area (Å²) < 4.78 is 0. The van der Waals surface area contributed by atoms with Gasteiger partial charge in [-0.2, -0.15) is 0 Å². The highest BCUT2D eigenvalue weighted by Gasteiger charge is 2.35. The van der Waals surface area contributed by atoms with E-state index in [2.05, 4.69) is 50.2 Å². The number of hydrogen-bond donors (Lipinski definition) is 1. The van der Waals surface area contributed by atoms with Crippen molar-refractivity contribution in [3.05, 3.63) is 29.8 Å². The molecule has 0 aromatic heterocycles. The Bertz CT molecular complexity index is 684. The molecule has 0 radical (unpaired) electrons. The van der Waals surface area contributed by atoms with E-state index in [1.807, 2.05) is 23.9 Å². The third-order valence-corrected chi connectivity index (χ3v) is 7.30. The van der Waals surface area contributed by atoms with Crippen molar-refractivity contribution >= 4 is 40.9 Å². The minimum absolute atomic E-state index is 0. The first-order chi connectivity index (χ1) is 13.4. The molecule has 1 saturated carbocycles. The minimum Gasteiger partial charge on any atom is -0.350 e. The Morgan fingerprint density at radius 2 is 1.79 bits per heavy atom. The molecule has 29 heavy (non-hydrogen) atoms. The van der Waals surface area contributed by atoms with Gasteiger partial charge < -0.3 is 10.2 Å². The van der Waals surface area contributed by atoms with Crippen molar-refractivity contribution in [1.29, 1.82) is 0 Å². The molecule has 1 aromatic carbocycles. The lowest BCUT2D eigenvalue weighted by Gasteiger charge is -2.23. The molecule has 1 N–H and O–H groups in total. The van der Waals surface area contributed by atoms with Crippen LogP contribution >= 0.6 is 24.2 Å². The molecule has 1 aliphatic carbocycles. The maximum atomic E-state index is 12.6. The van der Waals surface area contributed by atoms with E-state index < -0.39 is 0 Å². The van der Waals surface area contributed by atoms with Gasteiger partial charge in [0.1, 0.15) is 0 Å². The number of nitrogens with zero attached hydrogens (tertiary/aromatic N) is 2. The van der Waals surface area contributed by atoms with Gasteiger partial charge in [0.2, 0.25) is 5.91 Å². The SMILES string of the molecule is CC(C)c1ccc(NC(=O)CC2C(C)SC(=NC3CCCCCC3)N2C)cc1.Cl. The Kier molecular flexibility index (Phi) is 9.35. The first kappa shape index (κ1) is 24.1. The zero-order valence-corrected chi connectivity index (χ0v) is 19.8. The van der Waals surface area contributed by atoms with Crippen molar-refractivity contribution in [2.75, 3.05) is 12.4 Å². The van der Waals surface area contributed by atoms with Crippen LogP contribution in [0.1, 0.15) is 77.2 Å². The molecule has 2 atom stereocenters. The number of anilines is 1. The molecule has 0 spiro atoms. The number of amides is 1. The zero-order chi connectivity index (χ0) is 20.1. The van der Waals surface area contributed by atoms with Gasteiger partial charge in [-0.1, -0.05) is 70.3 Å². The summed E-state index contributed by atoms with van der Waals surface area (Å²) in [4.78, 5) is 19.9. The lowest BCUT2D eigenvalue weighted by Crippen LogP contribution is -2.36. The maximum Gasteiger partial charge on any atom is 0.226 e. The van der Waals surface area contributed by atoms with E-state index in [1.54, 1.807) is 0 Å². The van der Waals surface area contributed by atoms with Gasteiger partial charge in [-0.15, -0.1) is 12.4 Å². The Hall–Kier alpha value is -1.20. The summed E-state index contributed by atoms with van der Waals surface area (Å²) >= 11 is 1.83. The van der Waals surface area contributed by atoms with E-state index in [9.17, 15) is 4.79 Å². The summed E-state index contributed by atoms with van der Waals surface area (Å²) in [5.41, 5.74) is 2.17. The van der Waals surface area contributed by atoms with E-state index in [0.717, 1.165) is 10.9 Å². The molecule has 1 saturated heterocycles. The molecule has 162 valence electrons. The molecule has 3 rings (SSSR count). The van der Waals surface area contributed by atoms with E-state index in [1.165, 1.54) is 44.1 Å². The first-order valence-electron chi connectivity index (χ1n) is 10.8. The van der Waals surface area contributed by atoms with Crippen LogP contribution in [0.25, 0.3) is 0 Å². The molecule has 1 aliphatic heterocycles. The Morgan fingerprint density at radius 1 is 1.17 bits per heavy atom. The first-order valence-corrected chi connectivity index (χ1v) is 11.7. The van der Waals surface area contributed by atoms with Crippen molar-refractivity contribution < 1.29 is 4.79 Å². The van der Waals surface area contributed by atoms with Gasteiger partial charge in [0, 0.05) is 24.4 Å². The second-order valence-corrected chi connectivity index (χ2v) is 9.93. The molecule has 2 unspecified atom stereocenters. The highest BCUT2D eigenvalue weighted by molar-refractivity contribution is 8.14. The minimum atomic E-state index is 0. The molecule has 6 heteroatoms. The summed E-state index contributed by atoms with van der Waals surface area (Å²) in [5, 5.41) is 4.57. The van der Waals surface area contributed by atoms with Crippen LogP contribution < -0.4 is 5.32 Å². The third-order valence-electron chi connectivity index (χ3n) is 6.01. The van der Waals surface area contributed by atoms with Crippen molar-refractivity contribution in [2.45, 2.75) is 89.0 Å². The van der Waals surface area contributed by atoms with Gasteiger partial charge in [-0.3, -0.25) is 9.79 Å². The molecular formula is C23H36ClN3OS. The normalized spacial score (nSPS) is 24.4. The van der Waals surface area contributed by atoms with Crippen LogP contribution in [0.15, 0.2) is 29.3 Å². The van der Waals surface area contributed by atoms with Gasteiger partial charge in [-0.25, -0.2) is 0 Å². The van der Waals surface area contributed by atoms with Crippen LogP contribution in [0.3, 0.4) is 0 Å². The van der Waals surface area contributed by atoms with Crippen LogP contribution in [0.4, 0.5) is 5.69 Å². The van der Waals surface area contributed by atoms with Crippen molar-refractivity contribution in [3.8, 4) is 0 Å². The summed E-state index contributed by atoms with van der Waals surface area (Å²) in [6.07, 6.45) is 8.22. The number of aliphatic imine (C=N–C) groups is 1. The molecule has 1 aromatic rings. The quantitative estimate of drug-likeness (QED) is 0.568. The maximum absolute atomic E-state index is 12.6. The van der Waals surface area contributed by atoms with Gasteiger partial charge in [0.15, 0.2) is 5.17 Å². The third kappa shape index (κ3) is 6.65. The average molecular weight is 438 g/mol. The standard InChI is InChI=1S/C23H35N3OS.ClH/c1-16(2)18-11-13-20(14-12-18)24-22(27)15-21-17(3)28-23(26(21)4)25-19-9-7-5-6-8-10-19;/h11-14,16-17,19,21H,5-10,15H2,1-4H3,(H,24,27);1H. The highest BCUT2D eigenvalue weighted by atomic mass is 35.5. The smallest absolute Gasteiger partial charge is 0.226 e. The van der Waals surface area contributed by atoms with E-state index in [0.29, 0.717) is 23.6 Å². The number of amidine groups is 1. The van der Waals surface area contributed by atoms with Crippen LogP contribution in [0, 0.1) is 0 Å². The van der Waals surface area contributed by atoms with E-state index >= 15 is 0 Å². The largest absolute Gasteiger partial charge is 0.350 e. The fourth-order valence-corrected chi connectivity index (χ4v) is 5.39. The van der Waals surface area contributed by atoms with Crippen LogP contribution in [0.5, 0.6) is 0 Å². The number of thioether (sulfide) groups is 1. The Labute approximate surface area is 186 Å². The molecular weight excluding hydrogens is 402 g/mol. The molecule has 2 fully saturated rings. The summed E-state index contributed by atoms with van der Waals surface area (Å²) in [7, 11) is 2.10. The van der Waals surface area contributed by atoms with Gasteiger partial charge in [-0.05, 0) is 36.5 Å². The fourth-order valence-electron chi connectivity index (χ4n) is 4.11. The van der Waals surface area contributed by atoms with Gasteiger partial charge in [0.05, 0.1) is 12.1 Å². The Morgan fingerprint density at radius 3 is 2.38 bits per heavy atom. The predicted octanol–water partition coefficient (Wildman–Crippen LogP) is 6.07. The molecule has 1 heterocycles. The number of carbonyl (C=O) groups is 1. The topological polar surface area (TPSA) is 44.7 Å². The van der Waals surface area contributed by atoms with Gasteiger partial charge >= 0.3 is 0 Å². The second-order valence-electron chi connectivity index (χ2n) is 8.59. The lowest BCUT2D eigenvalue weighted by atomic mass is 10.0. The predicted molar refractivity (Wildman–Crippen MR) is 129 cm³/mol.